The van der Waals surface area contributed by atoms with E-state index in [1.54, 1.807) is 43.3 Å². The maximum atomic E-state index is 13.6. The van der Waals surface area contributed by atoms with Gasteiger partial charge in [-0.2, -0.15) is 0 Å². The maximum absolute atomic E-state index is 13.6. The van der Waals surface area contributed by atoms with Crippen molar-refractivity contribution in [1.29, 1.82) is 0 Å². The van der Waals surface area contributed by atoms with Crippen molar-refractivity contribution in [2.75, 3.05) is 20.8 Å². The van der Waals surface area contributed by atoms with Gasteiger partial charge in [0.15, 0.2) is 0 Å². The molecule has 0 spiro atoms. The quantitative estimate of drug-likeness (QED) is 0.120. The van der Waals surface area contributed by atoms with Gasteiger partial charge in [0.1, 0.15) is 48.4 Å². The fourth-order valence-corrected chi connectivity index (χ4v) is 5.75. The number of carbonyl (C=O) groups is 3. The van der Waals surface area contributed by atoms with E-state index in [0.717, 1.165) is 36.1 Å². The summed E-state index contributed by atoms with van der Waals surface area (Å²) in [5.41, 5.74) is 3.99. The summed E-state index contributed by atoms with van der Waals surface area (Å²) in [5, 5.41) is 3.28. The predicted octanol–water partition coefficient (Wildman–Crippen LogP) is 7.23. The molecule has 2 aliphatic heterocycles. The van der Waals surface area contributed by atoms with E-state index in [4.69, 9.17) is 25.7 Å². The minimum absolute atomic E-state index is 0.134. The Morgan fingerprint density at radius 3 is 1.70 bits per heavy atom. The van der Waals surface area contributed by atoms with Crippen molar-refractivity contribution in [3.63, 3.8) is 0 Å². The van der Waals surface area contributed by atoms with Gasteiger partial charge >= 0.3 is 43.2 Å². The SMILES string of the molecule is CCOC(C)=O.COC(=O)[C@@H]1CCC(c2ccc(OCc3ccccc3F)cc2)=N1.COC(=O)[C@@H]1CCC(c2ccc(OCc3ccccc3F)cc2)N1.[O]=[Pt]=[O]. The molecule has 0 radical (unpaired) electrons. The molecular formula is C42H46F2N2O10Pt. The third-order valence-corrected chi connectivity index (χ3v) is 8.59. The summed E-state index contributed by atoms with van der Waals surface area (Å²) >= 11 is -1.92. The number of nitrogens with one attached hydrogen (secondary N) is 1. The summed E-state index contributed by atoms with van der Waals surface area (Å²) in [5.74, 6) is 0.0747. The van der Waals surface area contributed by atoms with Crippen molar-refractivity contribution in [3.8, 4) is 11.5 Å². The van der Waals surface area contributed by atoms with E-state index in [2.05, 4.69) is 15.0 Å². The number of hydrogen-bond donors (Lipinski definition) is 1. The van der Waals surface area contributed by atoms with E-state index in [1.807, 2.05) is 48.5 Å². The number of halogens is 2. The molecule has 6 rings (SSSR count). The van der Waals surface area contributed by atoms with E-state index in [0.29, 0.717) is 35.7 Å². The Morgan fingerprint density at radius 1 is 0.737 bits per heavy atom. The Balaban J connectivity index is 0.000000252. The summed E-state index contributed by atoms with van der Waals surface area (Å²) in [7, 11) is 2.77. The number of nitrogens with zero attached hydrogens (tertiary/aromatic N) is 1. The van der Waals surface area contributed by atoms with Crippen molar-refractivity contribution in [2.24, 2.45) is 4.99 Å². The second-order valence-electron chi connectivity index (χ2n) is 12.4. The van der Waals surface area contributed by atoms with Crippen LogP contribution in [0.1, 0.15) is 67.8 Å². The molecule has 1 N–H and O–H groups in total. The number of methoxy groups -OCH3 is 2. The van der Waals surface area contributed by atoms with Crippen molar-refractivity contribution < 1.29 is 72.1 Å². The summed E-state index contributed by atoms with van der Waals surface area (Å²) in [4.78, 5) is 37.3. The molecule has 0 saturated carbocycles. The molecular weight excluding hydrogens is 926 g/mol. The molecule has 12 nitrogen and oxygen atoms in total. The first-order chi connectivity index (χ1) is 27.5. The fraction of sp³-hybridized carbons (Fsp3) is 0.333. The van der Waals surface area contributed by atoms with Crippen LogP contribution < -0.4 is 14.8 Å². The zero-order valence-electron chi connectivity index (χ0n) is 32.0. The average Bonchev–Trinajstić information content (AvgIpc) is 3.93. The fourth-order valence-electron chi connectivity index (χ4n) is 5.75. The van der Waals surface area contributed by atoms with Gasteiger partial charge in [0.05, 0.1) is 20.8 Å². The number of carbonyl (C=O) groups excluding carboxylic acids is 3. The average molecular weight is 972 g/mol. The van der Waals surface area contributed by atoms with Gasteiger partial charge in [-0.15, -0.1) is 0 Å². The Bertz CT molecular complexity index is 1960. The Hall–Kier alpha value is -5.33. The number of benzene rings is 4. The monoisotopic (exact) mass is 971 g/mol. The van der Waals surface area contributed by atoms with Crippen molar-refractivity contribution >= 4 is 23.6 Å². The van der Waals surface area contributed by atoms with E-state index < -0.39 is 24.5 Å². The van der Waals surface area contributed by atoms with Crippen LogP contribution in [0.15, 0.2) is 102 Å². The van der Waals surface area contributed by atoms with Gasteiger partial charge in [0, 0.05) is 29.8 Å². The molecule has 57 heavy (non-hydrogen) atoms. The third kappa shape index (κ3) is 15.6. The van der Waals surface area contributed by atoms with E-state index in [9.17, 15) is 23.2 Å². The van der Waals surface area contributed by atoms with Gasteiger partial charge in [-0.25, -0.2) is 13.6 Å². The molecule has 1 fully saturated rings. The van der Waals surface area contributed by atoms with Crippen LogP contribution in [0.25, 0.3) is 0 Å². The summed E-state index contributed by atoms with van der Waals surface area (Å²) in [6, 6.07) is 27.7. The zero-order chi connectivity index (χ0) is 41.6. The van der Waals surface area contributed by atoms with E-state index >= 15 is 0 Å². The molecule has 1 unspecified atom stereocenters. The first-order valence-corrected chi connectivity index (χ1v) is 19.8. The van der Waals surface area contributed by atoms with Crippen LogP contribution in [0.4, 0.5) is 8.78 Å². The van der Waals surface area contributed by atoms with E-state index in [-0.39, 0.29) is 54.8 Å². The van der Waals surface area contributed by atoms with Crippen LogP contribution in [0.5, 0.6) is 11.5 Å². The number of ether oxygens (including phenoxy) is 5. The molecule has 2 heterocycles. The summed E-state index contributed by atoms with van der Waals surface area (Å²) in [6.07, 6.45) is 3.07. The molecule has 0 aliphatic carbocycles. The number of hydrogen-bond acceptors (Lipinski definition) is 12. The van der Waals surface area contributed by atoms with Gasteiger partial charge < -0.3 is 23.7 Å². The Kier molecular flexibility index (Phi) is 20.2. The molecule has 0 aromatic heterocycles. The number of aliphatic imine (C=N–C) groups is 1. The Morgan fingerprint density at radius 2 is 1.25 bits per heavy atom. The minimum atomic E-state index is -1.92. The van der Waals surface area contributed by atoms with Gasteiger partial charge in [-0.3, -0.25) is 19.9 Å². The summed E-state index contributed by atoms with van der Waals surface area (Å²) in [6.45, 7) is 4.02. The molecule has 0 amide bonds. The van der Waals surface area contributed by atoms with Crippen molar-refractivity contribution in [2.45, 2.75) is 70.9 Å². The van der Waals surface area contributed by atoms with Crippen LogP contribution in [0, 0.1) is 11.6 Å². The van der Waals surface area contributed by atoms with Crippen LogP contribution in [-0.4, -0.2) is 56.5 Å². The molecule has 4 aromatic carbocycles. The molecule has 2 aliphatic rings. The van der Waals surface area contributed by atoms with Gasteiger partial charge in [-0.1, -0.05) is 48.5 Å². The predicted molar refractivity (Wildman–Crippen MR) is 201 cm³/mol. The molecule has 308 valence electrons. The van der Waals surface area contributed by atoms with Crippen LogP contribution in [0.2, 0.25) is 0 Å². The number of rotatable bonds is 11. The molecule has 3 atom stereocenters. The molecule has 15 heteroatoms. The Labute approximate surface area is 339 Å². The zero-order valence-corrected chi connectivity index (χ0v) is 34.3. The summed E-state index contributed by atoms with van der Waals surface area (Å²) < 4.78 is 69.2. The van der Waals surface area contributed by atoms with Gasteiger partial charge in [-0.05, 0) is 92.3 Å². The van der Waals surface area contributed by atoms with Crippen LogP contribution in [0.3, 0.4) is 0 Å². The second-order valence-corrected chi connectivity index (χ2v) is 12.7. The molecule has 1 saturated heterocycles. The first-order valence-electron chi connectivity index (χ1n) is 17.9. The van der Waals surface area contributed by atoms with Crippen molar-refractivity contribution in [1.82, 2.24) is 5.32 Å². The second kappa shape index (κ2) is 25.0. The molecule has 4 aromatic rings. The normalized spacial score (nSPS) is 16.5. The number of esters is 3. The topological polar surface area (TPSA) is 156 Å². The van der Waals surface area contributed by atoms with Gasteiger partial charge in [0.25, 0.3) is 0 Å². The van der Waals surface area contributed by atoms with Crippen LogP contribution in [-0.2, 0) is 67.1 Å². The molecule has 0 bridgehead atoms. The van der Waals surface area contributed by atoms with E-state index in [1.165, 1.54) is 33.3 Å². The standard InChI is InChI=1S/C19H20FNO3.C19H18FNO3.C4H8O2.2O.Pt/c2*1-23-19(22)18-11-10-17(21-18)13-6-8-15(9-7-13)24-12-14-4-2-3-5-16(14)20;1-3-6-4(2)5;;;/h2-9,17-18,21H,10-12H2,1H3;2-9,18H,10-12H2,1H3;3H2,1-2H3;;;/t17?,18-;18-;;;;/m00..../s1. The van der Waals surface area contributed by atoms with Gasteiger partial charge in [0.2, 0.25) is 0 Å². The van der Waals surface area contributed by atoms with Crippen molar-refractivity contribution in [3.05, 3.63) is 131 Å². The first kappa shape index (κ1) is 46.1. The third-order valence-electron chi connectivity index (χ3n) is 8.59. The van der Waals surface area contributed by atoms with Crippen LogP contribution >= 0.6 is 0 Å².